The van der Waals surface area contributed by atoms with Gasteiger partial charge in [-0.05, 0) is 30.7 Å². The van der Waals surface area contributed by atoms with Gasteiger partial charge in [0, 0.05) is 33.1 Å². The van der Waals surface area contributed by atoms with Gasteiger partial charge in [-0.15, -0.1) is 11.3 Å². The van der Waals surface area contributed by atoms with E-state index in [1.807, 2.05) is 23.6 Å². The zero-order chi connectivity index (χ0) is 17.0. The van der Waals surface area contributed by atoms with Crippen LogP contribution < -0.4 is 4.57 Å². The van der Waals surface area contributed by atoms with E-state index in [0.29, 0.717) is 0 Å². The number of pyridine rings is 2. The maximum absolute atomic E-state index is 4.67. The summed E-state index contributed by atoms with van der Waals surface area (Å²) in [5.74, 6) is 0. The molecule has 0 N–H and O–H groups in total. The first-order chi connectivity index (χ1) is 12.2. The minimum atomic E-state index is 1.09. The quantitative estimate of drug-likeness (QED) is 0.373. The van der Waals surface area contributed by atoms with Crippen LogP contribution in [0.2, 0.25) is 0 Å². The molecule has 0 radical (unpaired) electrons. The summed E-state index contributed by atoms with van der Waals surface area (Å²) in [4.78, 5) is 4.67. The maximum Gasteiger partial charge on any atom is 0.230 e. The van der Waals surface area contributed by atoms with Gasteiger partial charge in [0.25, 0.3) is 0 Å². The Morgan fingerprint density at radius 1 is 0.960 bits per heavy atom. The van der Waals surface area contributed by atoms with Gasteiger partial charge >= 0.3 is 0 Å². The predicted molar refractivity (Wildman–Crippen MR) is 106 cm³/mol. The Hall–Kier alpha value is -2.78. The fraction of sp³-hybridized carbons (Fsp3) is 0.0909. The lowest BCUT2D eigenvalue weighted by atomic mass is 10.0. The molecule has 5 aromatic rings. The van der Waals surface area contributed by atoms with Crippen molar-refractivity contribution >= 4 is 42.4 Å². The molecule has 0 aliphatic rings. The van der Waals surface area contributed by atoms with Crippen molar-refractivity contribution in [3.05, 3.63) is 72.6 Å². The molecule has 0 fully saturated rings. The van der Waals surface area contributed by atoms with E-state index in [4.69, 9.17) is 0 Å². The summed E-state index contributed by atoms with van der Waals surface area (Å²) in [6.07, 6.45) is 4.05. The molecule has 0 aliphatic heterocycles. The Balaban J connectivity index is 1.99. The van der Waals surface area contributed by atoms with E-state index in [1.165, 1.54) is 42.4 Å². The molecular formula is C22H17N2S+. The van der Waals surface area contributed by atoms with Crippen molar-refractivity contribution in [1.29, 1.82) is 0 Å². The number of fused-ring (bicyclic) bond motifs is 5. The Labute approximate surface area is 150 Å². The standard InChI is InChI=1S/C22H17N2S/c1-14-6-3-4-8-16(14)21-22-17(11-13-24(21)2)19-18(25-22)10-9-15-7-5-12-23-20(15)19/h3-13H,1-2H3/q+1. The summed E-state index contributed by atoms with van der Waals surface area (Å²) in [6, 6.07) is 19.4. The van der Waals surface area contributed by atoms with E-state index in [1.54, 1.807) is 0 Å². The minimum Gasteiger partial charge on any atom is -0.256 e. The fourth-order valence-electron chi connectivity index (χ4n) is 3.66. The topological polar surface area (TPSA) is 16.8 Å². The highest BCUT2D eigenvalue weighted by molar-refractivity contribution is 7.26. The van der Waals surface area contributed by atoms with Gasteiger partial charge in [0.2, 0.25) is 5.69 Å². The molecule has 0 saturated carbocycles. The van der Waals surface area contributed by atoms with Crippen LogP contribution in [0.4, 0.5) is 0 Å². The number of nitrogens with zero attached hydrogens (tertiary/aromatic N) is 2. The van der Waals surface area contributed by atoms with Gasteiger partial charge in [-0.25, -0.2) is 0 Å². The van der Waals surface area contributed by atoms with Gasteiger partial charge in [-0.3, -0.25) is 4.98 Å². The molecule has 5 rings (SSSR count). The summed E-state index contributed by atoms with van der Waals surface area (Å²) >= 11 is 1.86. The highest BCUT2D eigenvalue weighted by atomic mass is 32.1. The number of thiophene rings is 1. The lowest BCUT2D eigenvalue weighted by Crippen LogP contribution is -2.30. The molecule has 0 bridgehead atoms. The average Bonchev–Trinajstić information content (AvgIpc) is 3.01. The van der Waals surface area contributed by atoms with Crippen molar-refractivity contribution in [3.63, 3.8) is 0 Å². The Morgan fingerprint density at radius 3 is 2.72 bits per heavy atom. The van der Waals surface area contributed by atoms with Crippen LogP contribution in [0.25, 0.3) is 42.3 Å². The molecule has 0 spiro atoms. The van der Waals surface area contributed by atoms with Crippen molar-refractivity contribution in [1.82, 2.24) is 4.98 Å². The van der Waals surface area contributed by atoms with E-state index in [2.05, 4.69) is 78.3 Å². The maximum atomic E-state index is 4.67. The third-order valence-corrected chi connectivity index (χ3v) is 6.07. The smallest absolute Gasteiger partial charge is 0.230 e. The predicted octanol–water partition coefficient (Wildman–Crippen LogP) is 5.40. The number of aromatic nitrogens is 2. The van der Waals surface area contributed by atoms with Crippen LogP contribution >= 0.6 is 11.3 Å². The van der Waals surface area contributed by atoms with Crippen LogP contribution in [-0.2, 0) is 7.05 Å². The normalized spacial score (nSPS) is 11.6. The Morgan fingerprint density at radius 2 is 1.84 bits per heavy atom. The molecular weight excluding hydrogens is 324 g/mol. The molecule has 0 amide bonds. The molecule has 0 atom stereocenters. The molecule has 2 aromatic carbocycles. The van der Waals surface area contributed by atoms with Crippen LogP contribution in [0.5, 0.6) is 0 Å². The molecule has 0 aliphatic carbocycles. The SMILES string of the molecule is Cc1ccccc1-c1c2sc3ccc4cccnc4c3c2cc[n+]1C. The van der Waals surface area contributed by atoms with Gasteiger partial charge in [-0.1, -0.05) is 30.3 Å². The summed E-state index contributed by atoms with van der Waals surface area (Å²) in [5, 5.41) is 3.76. The van der Waals surface area contributed by atoms with Gasteiger partial charge in [-0.2, -0.15) is 4.57 Å². The molecule has 0 saturated heterocycles. The number of aryl methyl sites for hydroxylation is 2. The van der Waals surface area contributed by atoms with Crippen LogP contribution in [-0.4, -0.2) is 4.98 Å². The first kappa shape index (κ1) is 14.6. The van der Waals surface area contributed by atoms with Crippen molar-refractivity contribution in [2.45, 2.75) is 6.92 Å². The van der Waals surface area contributed by atoms with Crippen LogP contribution in [0.1, 0.15) is 5.56 Å². The van der Waals surface area contributed by atoms with Crippen molar-refractivity contribution in [2.24, 2.45) is 7.05 Å². The van der Waals surface area contributed by atoms with Crippen molar-refractivity contribution in [2.75, 3.05) is 0 Å². The second-order valence-corrected chi connectivity index (χ2v) is 7.50. The molecule has 0 unspecified atom stereocenters. The highest BCUT2D eigenvalue weighted by Gasteiger charge is 2.21. The minimum absolute atomic E-state index is 1.09. The van der Waals surface area contributed by atoms with Gasteiger partial charge in [0.1, 0.15) is 11.7 Å². The summed E-state index contributed by atoms with van der Waals surface area (Å²) < 4.78 is 4.85. The summed E-state index contributed by atoms with van der Waals surface area (Å²) in [5.41, 5.74) is 4.96. The number of benzene rings is 2. The fourth-order valence-corrected chi connectivity index (χ4v) is 4.95. The molecule has 3 aromatic heterocycles. The van der Waals surface area contributed by atoms with E-state index >= 15 is 0 Å². The summed E-state index contributed by atoms with van der Waals surface area (Å²) in [7, 11) is 2.13. The van der Waals surface area contributed by atoms with Gasteiger partial charge in [0.15, 0.2) is 6.20 Å². The van der Waals surface area contributed by atoms with Crippen molar-refractivity contribution < 1.29 is 4.57 Å². The molecule has 2 nitrogen and oxygen atoms in total. The number of hydrogen-bond donors (Lipinski definition) is 0. The van der Waals surface area contributed by atoms with E-state index in [0.717, 1.165) is 5.52 Å². The average molecular weight is 341 g/mol. The van der Waals surface area contributed by atoms with Crippen LogP contribution in [0.3, 0.4) is 0 Å². The largest absolute Gasteiger partial charge is 0.256 e. The first-order valence-electron chi connectivity index (χ1n) is 8.38. The van der Waals surface area contributed by atoms with Gasteiger partial charge < -0.3 is 0 Å². The second kappa shape index (κ2) is 5.36. The third kappa shape index (κ3) is 2.09. The lowest BCUT2D eigenvalue weighted by molar-refractivity contribution is -0.659. The molecule has 25 heavy (non-hydrogen) atoms. The highest BCUT2D eigenvalue weighted by Crippen LogP contribution is 2.41. The second-order valence-electron chi connectivity index (χ2n) is 6.45. The van der Waals surface area contributed by atoms with Crippen LogP contribution in [0, 0.1) is 6.92 Å². The van der Waals surface area contributed by atoms with Crippen LogP contribution in [0.15, 0.2) is 67.0 Å². The van der Waals surface area contributed by atoms with Crippen molar-refractivity contribution in [3.8, 4) is 11.3 Å². The third-order valence-electron chi connectivity index (χ3n) is 4.90. The monoisotopic (exact) mass is 341 g/mol. The Kier molecular flexibility index (Phi) is 3.12. The lowest BCUT2D eigenvalue weighted by Gasteiger charge is -2.05. The van der Waals surface area contributed by atoms with Gasteiger partial charge in [0.05, 0.1) is 11.1 Å². The first-order valence-corrected chi connectivity index (χ1v) is 9.20. The summed E-state index contributed by atoms with van der Waals surface area (Å²) in [6.45, 7) is 2.18. The molecule has 3 heterocycles. The van der Waals surface area contributed by atoms with E-state index in [9.17, 15) is 0 Å². The molecule has 120 valence electrons. The number of rotatable bonds is 1. The zero-order valence-electron chi connectivity index (χ0n) is 14.2. The Bertz CT molecular complexity index is 1270. The molecule has 3 heteroatoms. The van der Waals surface area contributed by atoms with E-state index < -0.39 is 0 Å². The number of hydrogen-bond acceptors (Lipinski definition) is 2. The zero-order valence-corrected chi connectivity index (χ0v) is 15.0. The van der Waals surface area contributed by atoms with E-state index in [-0.39, 0.29) is 0 Å².